The van der Waals surface area contributed by atoms with Gasteiger partial charge in [0.15, 0.2) is 0 Å². The van der Waals surface area contributed by atoms with Gasteiger partial charge in [-0.2, -0.15) is 13.2 Å². The standard InChI is InChI=1S/C15H19F3N2O/c1-10-2-7-13(19-8-10)12-5-3-11(4-6-12)9-20-14(21)15(16,17)18/h3-6,10,13,19H,2,7-9H2,1H3,(H,20,21)/t10-,13+/m0/s1. The molecule has 2 atom stereocenters. The van der Waals surface area contributed by atoms with E-state index in [1.165, 1.54) is 6.42 Å². The Balaban J connectivity index is 1.89. The number of alkyl halides is 3. The fraction of sp³-hybridized carbons (Fsp3) is 0.533. The van der Waals surface area contributed by atoms with Gasteiger partial charge in [0, 0.05) is 12.6 Å². The Bertz CT molecular complexity index is 477. The highest BCUT2D eigenvalue weighted by molar-refractivity contribution is 5.81. The molecule has 1 heterocycles. The van der Waals surface area contributed by atoms with Gasteiger partial charge in [0.25, 0.3) is 0 Å². The second-order valence-electron chi connectivity index (χ2n) is 5.57. The third-order valence-electron chi connectivity index (χ3n) is 3.75. The average molecular weight is 300 g/mol. The first-order chi connectivity index (χ1) is 9.86. The largest absolute Gasteiger partial charge is 0.471 e. The zero-order valence-corrected chi connectivity index (χ0v) is 11.8. The molecule has 1 aliphatic heterocycles. The van der Waals surface area contributed by atoms with E-state index in [-0.39, 0.29) is 6.54 Å². The lowest BCUT2D eigenvalue weighted by atomic mass is 9.92. The monoisotopic (exact) mass is 300 g/mol. The van der Waals surface area contributed by atoms with E-state index in [1.807, 2.05) is 17.4 Å². The van der Waals surface area contributed by atoms with E-state index >= 15 is 0 Å². The van der Waals surface area contributed by atoms with Crippen LogP contribution in [0.4, 0.5) is 13.2 Å². The first kappa shape index (κ1) is 15.8. The number of halogens is 3. The van der Waals surface area contributed by atoms with E-state index in [2.05, 4.69) is 12.2 Å². The van der Waals surface area contributed by atoms with Crippen LogP contribution in [0, 0.1) is 5.92 Å². The Kier molecular flexibility index (Phi) is 4.88. The minimum Gasteiger partial charge on any atom is -0.344 e. The summed E-state index contributed by atoms with van der Waals surface area (Å²) in [5.74, 6) is -1.23. The number of benzene rings is 1. The first-order valence-corrected chi connectivity index (χ1v) is 7.03. The Morgan fingerprint density at radius 2 is 1.95 bits per heavy atom. The first-order valence-electron chi connectivity index (χ1n) is 7.03. The number of carbonyl (C=O) groups excluding carboxylic acids is 1. The predicted octanol–water partition coefficient (Wildman–Crippen LogP) is 2.93. The van der Waals surface area contributed by atoms with Crippen LogP contribution in [-0.4, -0.2) is 18.6 Å². The van der Waals surface area contributed by atoms with E-state index in [1.54, 1.807) is 12.1 Å². The quantitative estimate of drug-likeness (QED) is 0.901. The van der Waals surface area contributed by atoms with Crippen LogP contribution in [0.1, 0.15) is 36.9 Å². The molecule has 3 nitrogen and oxygen atoms in total. The molecular weight excluding hydrogens is 281 g/mol. The van der Waals surface area contributed by atoms with Gasteiger partial charge in [-0.1, -0.05) is 31.2 Å². The number of rotatable bonds is 3. The van der Waals surface area contributed by atoms with Gasteiger partial charge >= 0.3 is 12.1 Å². The molecule has 0 saturated carbocycles. The molecule has 1 fully saturated rings. The van der Waals surface area contributed by atoms with Gasteiger partial charge in [0.1, 0.15) is 0 Å². The second-order valence-corrected chi connectivity index (χ2v) is 5.57. The molecule has 1 amide bonds. The molecule has 1 aromatic carbocycles. The van der Waals surface area contributed by atoms with Crippen LogP contribution in [0.15, 0.2) is 24.3 Å². The third kappa shape index (κ3) is 4.46. The van der Waals surface area contributed by atoms with Crippen molar-refractivity contribution in [1.82, 2.24) is 10.6 Å². The molecule has 1 saturated heterocycles. The number of hydrogen-bond acceptors (Lipinski definition) is 2. The van der Waals surface area contributed by atoms with Crippen molar-refractivity contribution in [2.45, 2.75) is 38.5 Å². The minimum atomic E-state index is -4.83. The fourth-order valence-corrected chi connectivity index (χ4v) is 2.43. The average Bonchev–Trinajstić information content (AvgIpc) is 2.45. The van der Waals surface area contributed by atoms with E-state index in [0.29, 0.717) is 17.5 Å². The van der Waals surface area contributed by atoms with Gasteiger partial charge in [-0.15, -0.1) is 0 Å². The van der Waals surface area contributed by atoms with E-state index in [0.717, 1.165) is 18.5 Å². The van der Waals surface area contributed by atoms with E-state index in [9.17, 15) is 18.0 Å². The normalized spacial score (nSPS) is 22.9. The van der Waals surface area contributed by atoms with Crippen molar-refractivity contribution >= 4 is 5.91 Å². The number of carbonyl (C=O) groups is 1. The van der Waals surface area contributed by atoms with Crippen LogP contribution in [0.2, 0.25) is 0 Å². The van der Waals surface area contributed by atoms with Crippen LogP contribution in [0.25, 0.3) is 0 Å². The van der Waals surface area contributed by atoms with Crippen molar-refractivity contribution in [3.05, 3.63) is 35.4 Å². The summed E-state index contributed by atoms with van der Waals surface area (Å²) in [6.07, 6.45) is -2.60. The Hall–Kier alpha value is -1.56. The molecule has 0 radical (unpaired) electrons. The van der Waals surface area contributed by atoms with Crippen molar-refractivity contribution in [2.24, 2.45) is 5.92 Å². The van der Waals surface area contributed by atoms with E-state index < -0.39 is 12.1 Å². The maximum atomic E-state index is 12.1. The molecule has 1 aliphatic rings. The zero-order valence-electron chi connectivity index (χ0n) is 11.8. The molecular formula is C15H19F3N2O. The topological polar surface area (TPSA) is 41.1 Å². The lowest BCUT2D eigenvalue weighted by Crippen LogP contribution is -2.36. The summed E-state index contributed by atoms with van der Waals surface area (Å²) in [4.78, 5) is 10.7. The maximum Gasteiger partial charge on any atom is 0.471 e. The second kappa shape index (κ2) is 6.47. The molecule has 0 spiro atoms. The van der Waals surface area contributed by atoms with Crippen LogP contribution in [0.3, 0.4) is 0 Å². The molecule has 1 aromatic rings. The summed E-state index contributed by atoms with van der Waals surface area (Å²) < 4.78 is 36.2. The molecule has 0 unspecified atom stereocenters. The summed E-state index contributed by atoms with van der Waals surface area (Å²) in [6, 6.07) is 7.63. The molecule has 0 aliphatic carbocycles. The van der Waals surface area contributed by atoms with Gasteiger partial charge < -0.3 is 10.6 Å². The van der Waals surface area contributed by atoms with Gasteiger partial charge in [-0.3, -0.25) is 4.79 Å². The van der Waals surface area contributed by atoms with Crippen LogP contribution < -0.4 is 10.6 Å². The van der Waals surface area contributed by atoms with Gasteiger partial charge in [-0.05, 0) is 36.4 Å². The van der Waals surface area contributed by atoms with Gasteiger partial charge in [-0.25, -0.2) is 0 Å². The molecule has 0 bridgehead atoms. The highest BCUT2D eigenvalue weighted by Gasteiger charge is 2.38. The van der Waals surface area contributed by atoms with Gasteiger partial charge in [0.05, 0.1) is 0 Å². The Morgan fingerprint density at radius 1 is 1.29 bits per heavy atom. The van der Waals surface area contributed by atoms with Crippen LogP contribution in [0.5, 0.6) is 0 Å². The molecule has 21 heavy (non-hydrogen) atoms. The predicted molar refractivity (Wildman–Crippen MR) is 73.5 cm³/mol. The lowest BCUT2D eigenvalue weighted by Gasteiger charge is -2.28. The van der Waals surface area contributed by atoms with E-state index in [4.69, 9.17) is 0 Å². The fourth-order valence-electron chi connectivity index (χ4n) is 2.43. The molecule has 116 valence electrons. The molecule has 6 heteroatoms. The highest BCUT2D eigenvalue weighted by atomic mass is 19.4. The minimum absolute atomic E-state index is 0.117. The van der Waals surface area contributed by atoms with Crippen molar-refractivity contribution in [3.63, 3.8) is 0 Å². The third-order valence-corrected chi connectivity index (χ3v) is 3.75. The van der Waals surface area contributed by atoms with Crippen LogP contribution in [-0.2, 0) is 11.3 Å². The SMILES string of the molecule is C[C@H]1CC[C@H](c2ccc(CNC(=O)C(F)(F)F)cc2)NC1. The summed E-state index contributed by atoms with van der Waals surface area (Å²) in [6.45, 7) is 3.07. The molecule has 2 N–H and O–H groups in total. The zero-order chi connectivity index (χ0) is 15.5. The molecule has 0 aromatic heterocycles. The summed E-state index contributed by atoms with van der Waals surface area (Å²) in [5, 5.41) is 5.32. The lowest BCUT2D eigenvalue weighted by molar-refractivity contribution is -0.173. The Labute approximate surface area is 121 Å². The Morgan fingerprint density at radius 3 is 2.48 bits per heavy atom. The van der Waals surface area contributed by atoms with Crippen LogP contribution >= 0.6 is 0 Å². The summed E-state index contributed by atoms with van der Waals surface area (Å²) in [5.41, 5.74) is 1.79. The summed E-state index contributed by atoms with van der Waals surface area (Å²) in [7, 11) is 0. The molecule has 2 rings (SSSR count). The number of hydrogen-bond donors (Lipinski definition) is 2. The van der Waals surface area contributed by atoms with Gasteiger partial charge in [0.2, 0.25) is 0 Å². The smallest absolute Gasteiger partial charge is 0.344 e. The van der Waals surface area contributed by atoms with Crippen molar-refractivity contribution in [2.75, 3.05) is 6.54 Å². The van der Waals surface area contributed by atoms with Crippen molar-refractivity contribution in [1.29, 1.82) is 0 Å². The highest BCUT2D eigenvalue weighted by Crippen LogP contribution is 2.25. The maximum absolute atomic E-state index is 12.1. The number of piperidine rings is 1. The van der Waals surface area contributed by atoms with Crippen molar-refractivity contribution < 1.29 is 18.0 Å². The number of amides is 1. The number of nitrogens with one attached hydrogen (secondary N) is 2. The van der Waals surface area contributed by atoms with Crippen molar-refractivity contribution in [3.8, 4) is 0 Å². The summed E-state index contributed by atoms with van der Waals surface area (Å²) >= 11 is 0.